The molecule has 0 spiro atoms. The van der Waals surface area contributed by atoms with Crippen molar-refractivity contribution < 1.29 is 27.9 Å². The molecule has 2 amide bonds. The van der Waals surface area contributed by atoms with Crippen LogP contribution in [0.5, 0.6) is 0 Å². The Labute approximate surface area is 223 Å². The van der Waals surface area contributed by atoms with Gasteiger partial charge in [-0.15, -0.1) is 0 Å². The normalized spacial score (nSPS) is 18.1. The van der Waals surface area contributed by atoms with E-state index in [1.807, 2.05) is 18.0 Å². The molecule has 0 saturated heterocycles. The second kappa shape index (κ2) is 11.4. The van der Waals surface area contributed by atoms with Gasteiger partial charge in [-0.3, -0.25) is 13.9 Å². The number of benzene rings is 1. The van der Waals surface area contributed by atoms with Crippen LogP contribution >= 0.6 is 0 Å². The summed E-state index contributed by atoms with van der Waals surface area (Å²) in [6, 6.07) is 11.8. The molecule has 1 aliphatic carbocycles. The van der Waals surface area contributed by atoms with Gasteiger partial charge in [-0.05, 0) is 42.9 Å². The fraction of sp³-hybridized carbons (Fsp3) is 0.462. The summed E-state index contributed by atoms with van der Waals surface area (Å²) in [4.78, 5) is 44.0. The van der Waals surface area contributed by atoms with E-state index in [2.05, 4.69) is 22.5 Å². The van der Waals surface area contributed by atoms with E-state index in [1.165, 1.54) is 20.0 Å². The quantitative estimate of drug-likeness (QED) is 0.367. The second-order valence-electron chi connectivity index (χ2n) is 10.2. The summed E-state index contributed by atoms with van der Waals surface area (Å²) in [6.45, 7) is 3.89. The van der Waals surface area contributed by atoms with Gasteiger partial charge >= 0.3 is 6.09 Å². The van der Waals surface area contributed by atoms with E-state index in [0.29, 0.717) is 24.2 Å². The standard InChI is InChI=1S/C26H35N5O6S/c1-17-11-20(17)16-30(3)22-12-19(13-23(28-22)31(4)38(5,36)37)24(33)27-15-21(32)26(2,29-25(34)35)14-18-9-7-6-8-10-18/h6-10,12-13,17,20,29H,11,14-16H2,1-5H3,(H,27,33)(H,34,35). The zero-order valence-corrected chi connectivity index (χ0v) is 23.1. The predicted molar refractivity (Wildman–Crippen MR) is 145 cm³/mol. The first-order valence-corrected chi connectivity index (χ1v) is 14.1. The van der Waals surface area contributed by atoms with Crippen LogP contribution in [-0.4, -0.2) is 75.3 Å². The number of ketones is 1. The molecule has 3 atom stereocenters. The molecule has 206 valence electrons. The van der Waals surface area contributed by atoms with Gasteiger partial charge in [0, 0.05) is 32.6 Å². The third-order valence-electron chi connectivity index (χ3n) is 6.86. The lowest BCUT2D eigenvalue weighted by molar-refractivity contribution is -0.123. The zero-order chi connectivity index (χ0) is 28.3. The average molecular weight is 546 g/mol. The summed E-state index contributed by atoms with van der Waals surface area (Å²) in [7, 11) is -0.466. The van der Waals surface area contributed by atoms with Gasteiger partial charge in [-0.2, -0.15) is 0 Å². The van der Waals surface area contributed by atoms with Crippen molar-refractivity contribution >= 4 is 39.4 Å². The molecule has 2 aromatic rings. The average Bonchev–Trinajstić information content (AvgIpc) is 3.54. The first kappa shape index (κ1) is 28.9. The summed E-state index contributed by atoms with van der Waals surface area (Å²) in [5.74, 6) is 0.443. The molecule has 1 heterocycles. The van der Waals surface area contributed by atoms with Crippen LogP contribution in [0.2, 0.25) is 0 Å². The number of Topliss-reactive ketones (excluding diaryl/α,β-unsaturated/α-hetero) is 1. The molecule has 0 aliphatic heterocycles. The van der Waals surface area contributed by atoms with Gasteiger partial charge in [0.15, 0.2) is 5.78 Å². The fourth-order valence-electron chi connectivity index (χ4n) is 4.17. The number of amides is 2. The van der Waals surface area contributed by atoms with Gasteiger partial charge in [0.25, 0.3) is 5.91 Å². The topological polar surface area (TPSA) is 149 Å². The highest BCUT2D eigenvalue weighted by molar-refractivity contribution is 7.92. The number of carboxylic acid groups (broad SMARTS) is 1. The van der Waals surface area contributed by atoms with E-state index in [4.69, 9.17) is 0 Å². The molecule has 3 unspecified atom stereocenters. The van der Waals surface area contributed by atoms with Gasteiger partial charge in [0.1, 0.15) is 17.2 Å². The molecule has 0 bridgehead atoms. The minimum Gasteiger partial charge on any atom is -0.465 e. The van der Waals surface area contributed by atoms with E-state index in [9.17, 15) is 27.9 Å². The number of carbonyl (C=O) groups excluding carboxylic acids is 2. The van der Waals surface area contributed by atoms with Gasteiger partial charge in [-0.1, -0.05) is 37.3 Å². The van der Waals surface area contributed by atoms with Crippen molar-refractivity contribution in [2.24, 2.45) is 11.8 Å². The van der Waals surface area contributed by atoms with Crippen LogP contribution in [0.15, 0.2) is 42.5 Å². The highest BCUT2D eigenvalue weighted by atomic mass is 32.2. The lowest BCUT2D eigenvalue weighted by Crippen LogP contribution is -2.56. The smallest absolute Gasteiger partial charge is 0.405 e. The lowest BCUT2D eigenvalue weighted by Gasteiger charge is -2.28. The van der Waals surface area contributed by atoms with E-state index in [1.54, 1.807) is 30.3 Å². The maximum absolute atomic E-state index is 13.1. The number of nitrogens with one attached hydrogen (secondary N) is 2. The van der Waals surface area contributed by atoms with Crippen molar-refractivity contribution in [3.63, 3.8) is 0 Å². The molecule has 1 aromatic carbocycles. The molecule has 11 nitrogen and oxygen atoms in total. The van der Waals surface area contributed by atoms with Crippen molar-refractivity contribution in [3.8, 4) is 0 Å². The number of nitrogens with zero attached hydrogens (tertiary/aromatic N) is 3. The number of anilines is 2. The van der Waals surface area contributed by atoms with Crippen molar-refractivity contribution in [2.75, 3.05) is 42.6 Å². The molecule has 1 saturated carbocycles. The number of aromatic nitrogens is 1. The van der Waals surface area contributed by atoms with Crippen LogP contribution in [0.3, 0.4) is 0 Å². The number of hydrogen-bond acceptors (Lipinski definition) is 7. The lowest BCUT2D eigenvalue weighted by atomic mass is 9.88. The molecule has 1 aliphatic rings. The number of hydrogen-bond donors (Lipinski definition) is 3. The van der Waals surface area contributed by atoms with Crippen molar-refractivity contribution in [1.82, 2.24) is 15.6 Å². The van der Waals surface area contributed by atoms with Crippen LogP contribution in [0.4, 0.5) is 16.4 Å². The molecule has 12 heteroatoms. The largest absolute Gasteiger partial charge is 0.465 e. The third kappa shape index (κ3) is 7.44. The van der Waals surface area contributed by atoms with E-state index in [-0.39, 0.29) is 17.8 Å². The summed E-state index contributed by atoms with van der Waals surface area (Å²) in [5.41, 5.74) is -0.601. The molecule has 3 N–H and O–H groups in total. The van der Waals surface area contributed by atoms with Crippen LogP contribution in [0.1, 0.15) is 36.2 Å². The number of pyridine rings is 1. The monoisotopic (exact) mass is 545 g/mol. The molecule has 0 radical (unpaired) electrons. The number of sulfonamides is 1. The Morgan fingerprint density at radius 2 is 1.74 bits per heavy atom. The van der Waals surface area contributed by atoms with Crippen molar-refractivity contribution in [2.45, 2.75) is 32.2 Å². The minimum atomic E-state index is -3.64. The Bertz CT molecular complexity index is 1300. The van der Waals surface area contributed by atoms with Crippen LogP contribution < -0.4 is 19.8 Å². The van der Waals surface area contributed by atoms with Crippen LogP contribution in [0, 0.1) is 11.8 Å². The van der Waals surface area contributed by atoms with Crippen molar-refractivity contribution in [3.05, 3.63) is 53.6 Å². The van der Waals surface area contributed by atoms with Gasteiger partial charge in [0.2, 0.25) is 10.0 Å². The first-order valence-electron chi connectivity index (χ1n) is 12.2. The summed E-state index contributed by atoms with van der Waals surface area (Å²) in [5, 5.41) is 14.2. The summed E-state index contributed by atoms with van der Waals surface area (Å²) >= 11 is 0. The van der Waals surface area contributed by atoms with Crippen LogP contribution in [0.25, 0.3) is 0 Å². The highest BCUT2D eigenvalue weighted by Gasteiger charge is 2.36. The Balaban J connectivity index is 1.82. The van der Waals surface area contributed by atoms with Crippen LogP contribution in [-0.2, 0) is 21.2 Å². The van der Waals surface area contributed by atoms with Gasteiger partial charge in [0.05, 0.1) is 12.8 Å². The second-order valence-corrected chi connectivity index (χ2v) is 12.2. The van der Waals surface area contributed by atoms with Crippen molar-refractivity contribution in [1.29, 1.82) is 0 Å². The number of rotatable bonds is 12. The predicted octanol–water partition coefficient (Wildman–Crippen LogP) is 2.14. The first-order chi connectivity index (χ1) is 17.7. The molecular weight excluding hydrogens is 510 g/mol. The Morgan fingerprint density at radius 3 is 2.29 bits per heavy atom. The summed E-state index contributed by atoms with van der Waals surface area (Å²) in [6.07, 6.45) is 0.873. The van der Waals surface area contributed by atoms with E-state index in [0.717, 1.165) is 22.5 Å². The molecule has 38 heavy (non-hydrogen) atoms. The summed E-state index contributed by atoms with van der Waals surface area (Å²) < 4.78 is 25.3. The third-order valence-corrected chi connectivity index (χ3v) is 8.05. The molecule has 3 rings (SSSR count). The Morgan fingerprint density at radius 1 is 1.13 bits per heavy atom. The molecule has 1 aromatic heterocycles. The van der Waals surface area contributed by atoms with Gasteiger partial charge < -0.3 is 20.6 Å². The highest BCUT2D eigenvalue weighted by Crippen LogP contribution is 2.38. The zero-order valence-electron chi connectivity index (χ0n) is 22.3. The molecular formula is C26H35N5O6S. The Kier molecular flexibility index (Phi) is 8.65. The Hall–Kier alpha value is -3.67. The fourth-order valence-corrected chi connectivity index (χ4v) is 4.60. The SMILES string of the molecule is CC1CC1CN(C)c1cc(C(=O)NCC(=O)C(C)(Cc2ccccc2)NC(=O)O)cc(N(C)S(C)(=O)=O)n1. The maximum Gasteiger partial charge on any atom is 0.405 e. The number of carbonyl (C=O) groups is 3. The minimum absolute atomic E-state index is 0.0682. The van der Waals surface area contributed by atoms with E-state index < -0.39 is 39.9 Å². The maximum atomic E-state index is 13.1. The van der Waals surface area contributed by atoms with E-state index >= 15 is 0 Å². The molecule has 1 fully saturated rings. The van der Waals surface area contributed by atoms with Gasteiger partial charge in [-0.25, -0.2) is 18.2 Å².